The molecule has 0 amide bonds. The van der Waals surface area contributed by atoms with E-state index in [1.165, 1.54) is 0 Å². The summed E-state index contributed by atoms with van der Waals surface area (Å²) in [7, 11) is 3.10. The summed E-state index contributed by atoms with van der Waals surface area (Å²) in [6.45, 7) is -0.0461. The number of rotatable bonds is 5. The maximum Gasteiger partial charge on any atom is 0.161 e. The molecular formula is C11H16O4. The van der Waals surface area contributed by atoms with Crippen LogP contribution >= 0.6 is 0 Å². The summed E-state index contributed by atoms with van der Waals surface area (Å²) in [5.74, 6) is 1.20. The second-order valence-electron chi connectivity index (χ2n) is 3.14. The van der Waals surface area contributed by atoms with Crippen LogP contribution in [0.2, 0.25) is 0 Å². The van der Waals surface area contributed by atoms with Gasteiger partial charge in [-0.2, -0.15) is 0 Å². The van der Waals surface area contributed by atoms with Gasteiger partial charge in [0.2, 0.25) is 0 Å². The molecule has 0 aliphatic carbocycles. The summed E-state index contributed by atoms with van der Waals surface area (Å²) < 4.78 is 10.2. The van der Waals surface area contributed by atoms with Gasteiger partial charge in [0.1, 0.15) is 0 Å². The number of benzene rings is 1. The average molecular weight is 212 g/mol. The molecule has 0 fully saturated rings. The Morgan fingerprint density at radius 2 is 1.87 bits per heavy atom. The maximum atomic E-state index is 9.65. The van der Waals surface area contributed by atoms with Crippen LogP contribution in [0.3, 0.4) is 0 Å². The normalized spacial score (nSPS) is 12.3. The van der Waals surface area contributed by atoms with Crippen molar-refractivity contribution < 1.29 is 19.7 Å². The first-order valence-corrected chi connectivity index (χ1v) is 4.73. The molecule has 0 aromatic heterocycles. The van der Waals surface area contributed by atoms with E-state index in [1.807, 2.05) is 0 Å². The Morgan fingerprint density at radius 1 is 1.20 bits per heavy atom. The van der Waals surface area contributed by atoms with Gasteiger partial charge < -0.3 is 19.7 Å². The van der Waals surface area contributed by atoms with E-state index >= 15 is 0 Å². The van der Waals surface area contributed by atoms with Gasteiger partial charge >= 0.3 is 0 Å². The zero-order valence-electron chi connectivity index (χ0n) is 8.93. The standard InChI is InChI=1S/C11H16O4/c1-14-10-4-3-8(7-11(10)15-2)9(13)5-6-12/h3-4,7,9,12-13H,5-6H2,1-2H3/t9-/m1/s1. The second kappa shape index (κ2) is 5.58. The van der Waals surface area contributed by atoms with Gasteiger partial charge in [0.15, 0.2) is 11.5 Å². The van der Waals surface area contributed by atoms with Gasteiger partial charge in [0.05, 0.1) is 20.3 Å². The van der Waals surface area contributed by atoms with E-state index in [0.29, 0.717) is 23.5 Å². The fourth-order valence-corrected chi connectivity index (χ4v) is 1.35. The summed E-state index contributed by atoms with van der Waals surface area (Å²) in [5, 5.41) is 18.4. The summed E-state index contributed by atoms with van der Waals surface area (Å²) in [6.07, 6.45) is -0.357. The molecule has 1 rings (SSSR count). The van der Waals surface area contributed by atoms with Crippen LogP contribution in [0.5, 0.6) is 11.5 Å². The van der Waals surface area contributed by atoms with Gasteiger partial charge in [0.25, 0.3) is 0 Å². The minimum absolute atomic E-state index is 0.0461. The topological polar surface area (TPSA) is 58.9 Å². The molecule has 0 spiro atoms. The van der Waals surface area contributed by atoms with Gasteiger partial charge in [-0.05, 0) is 17.7 Å². The Labute approximate surface area is 89.1 Å². The quantitative estimate of drug-likeness (QED) is 0.768. The number of ether oxygens (including phenoxy) is 2. The molecule has 4 heteroatoms. The zero-order chi connectivity index (χ0) is 11.3. The van der Waals surface area contributed by atoms with Crippen molar-refractivity contribution in [2.75, 3.05) is 20.8 Å². The largest absolute Gasteiger partial charge is 0.493 e. The molecule has 84 valence electrons. The molecule has 1 atom stereocenters. The van der Waals surface area contributed by atoms with E-state index in [0.717, 1.165) is 0 Å². The van der Waals surface area contributed by atoms with Crippen LogP contribution in [0.1, 0.15) is 18.1 Å². The fourth-order valence-electron chi connectivity index (χ4n) is 1.35. The molecule has 0 heterocycles. The lowest BCUT2D eigenvalue weighted by molar-refractivity contribution is 0.134. The van der Waals surface area contributed by atoms with E-state index in [4.69, 9.17) is 14.6 Å². The Morgan fingerprint density at radius 3 is 2.40 bits per heavy atom. The number of aliphatic hydroxyl groups is 2. The molecule has 0 unspecified atom stereocenters. The third-order valence-corrected chi connectivity index (χ3v) is 2.19. The molecule has 15 heavy (non-hydrogen) atoms. The molecule has 0 saturated heterocycles. The summed E-state index contributed by atoms with van der Waals surface area (Å²) in [6, 6.07) is 5.19. The Bertz CT molecular complexity index is 311. The third-order valence-electron chi connectivity index (χ3n) is 2.19. The van der Waals surface area contributed by atoms with E-state index in [9.17, 15) is 5.11 Å². The molecule has 0 aliphatic rings. The highest BCUT2D eigenvalue weighted by Crippen LogP contribution is 2.30. The fraction of sp³-hybridized carbons (Fsp3) is 0.455. The second-order valence-corrected chi connectivity index (χ2v) is 3.14. The van der Waals surface area contributed by atoms with Crippen molar-refractivity contribution in [3.63, 3.8) is 0 Å². The van der Waals surface area contributed by atoms with Crippen molar-refractivity contribution in [3.8, 4) is 11.5 Å². The van der Waals surface area contributed by atoms with E-state index in [-0.39, 0.29) is 6.61 Å². The molecular weight excluding hydrogens is 196 g/mol. The number of methoxy groups -OCH3 is 2. The van der Waals surface area contributed by atoms with Crippen LogP contribution < -0.4 is 9.47 Å². The predicted molar refractivity (Wildman–Crippen MR) is 56.2 cm³/mol. The number of hydrogen-bond acceptors (Lipinski definition) is 4. The van der Waals surface area contributed by atoms with Crippen molar-refractivity contribution in [2.45, 2.75) is 12.5 Å². The monoisotopic (exact) mass is 212 g/mol. The molecule has 1 aromatic carbocycles. The van der Waals surface area contributed by atoms with Crippen LogP contribution in [0.15, 0.2) is 18.2 Å². The van der Waals surface area contributed by atoms with Crippen LogP contribution in [0.25, 0.3) is 0 Å². The van der Waals surface area contributed by atoms with Crippen molar-refractivity contribution in [3.05, 3.63) is 23.8 Å². The Balaban J connectivity index is 2.92. The smallest absolute Gasteiger partial charge is 0.161 e. The van der Waals surface area contributed by atoms with Gasteiger partial charge in [-0.3, -0.25) is 0 Å². The van der Waals surface area contributed by atoms with Crippen LogP contribution in [-0.2, 0) is 0 Å². The number of hydrogen-bond donors (Lipinski definition) is 2. The zero-order valence-corrected chi connectivity index (χ0v) is 8.93. The van der Waals surface area contributed by atoms with Crippen molar-refractivity contribution >= 4 is 0 Å². The SMILES string of the molecule is COc1ccc([C@H](O)CCO)cc1OC. The highest BCUT2D eigenvalue weighted by molar-refractivity contribution is 5.43. The van der Waals surface area contributed by atoms with Crippen molar-refractivity contribution in [1.29, 1.82) is 0 Å². The Kier molecular flexibility index (Phi) is 4.39. The predicted octanol–water partition coefficient (Wildman–Crippen LogP) is 1.12. The molecule has 0 bridgehead atoms. The van der Waals surface area contributed by atoms with Gasteiger partial charge in [-0.1, -0.05) is 6.07 Å². The molecule has 1 aromatic rings. The van der Waals surface area contributed by atoms with E-state index < -0.39 is 6.10 Å². The minimum atomic E-state index is -0.671. The molecule has 0 aliphatic heterocycles. The molecule has 4 nitrogen and oxygen atoms in total. The maximum absolute atomic E-state index is 9.65. The lowest BCUT2D eigenvalue weighted by Gasteiger charge is -2.13. The van der Waals surface area contributed by atoms with Gasteiger partial charge in [0, 0.05) is 13.0 Å². The van der Waals surface area contributed by atoms with Crippen LogP contribution in [0.4, 0.5) is 0 Å². The average Bonchev–Trinajstić information content (AvgIpc) is 2.28. The van der Waals surface area contributed by atoms with Gasteiger partial charge in [-0.25, -0.2) is 0 Å². The number of aliphatic hydroxyl groups excluding tert-OH is 2. The van der Waals surface area contributed by atoms with E-state index in [2.05, 4.69) is 0 Å². The van der Waals surface area contributed by atoms with Crippen molar-refractivity contribution in [2.24, 2.45) is 0 Å². The first-order valence-electron chi connectivity index (χ1n) is 4.73. The molecule has 2 N–H and O–H groups in total. The minimum Gasteiger partial charge on any atom is -0.493 e. The molecule has 0 saturated carbocycles. The first-order chi connectivity index (χ1) is 7.22. The highest BCUT2D eigenvalue weighted by atomic mass is 16.5. The first kappa shape index (κ1) is 11.8. The third kappa shape index (κ3) is 2.84. The summed E-state index contributed by atoms with van der Waals surface area (Å²) in [5.41, 5.74) is 0.710. The lowest BCUT2D eigenvalue weighted by atomic mass is 10.1. The van der Waals surface area contributed by atoms with E-state index in [1.54, 1.807) is 32.4 Å². The van der Waals surface area contributed by atoms with Crippen LogP contribution in [0, 0.1) is 0 Å². The van der Waals surface area contributed by atoms with Crippen LogP contribution in [-0.4, -0.2) is 31.0 Å². The molecule has 0 radical (unpaired) electrons. The van der Waals surface area contributed by atoms with Crippen molar-refractivity contribution in [1.82, 2.24) is 0 Å². The summed E-state index contributed by atoms with van der Waals surface area (Å²) in [4.78, 5) is 0. The summed E-state index contributed by atoms with van der Waals surface area (Å²) >= 11 is 0. The lowest BCUT2D eigenvalue weighted by Crippen LogP contribution is -2.01. The van der Waals surface area contributed by atoms with Gasteiger partial charge in [-0.15, -0.1) is 0 Å². The Hall–Kier alpha value is -1.26. The highest BCUT2D eigenvalue weighted by Gasteiger charge is 2.10.